The summed E-state index contributed by atoms with van der Waals surface area (Å²) >= 11 is 0. The van der Waals surface area contributed by atoms with Crippen LogP contribution in [-0.2, 0) is 11.3 Å². The second kappa shape index (κ2) is 9.27. The third kappa shape index (κ3) is 5.26. The van der Waals surface area contributed by atoms with Gasteiger partial charge in [0.1, 0.15) is 5.69 Å². The molecule has 146 valence electrons. The summed E-state index contributed by atoms with van der Waals surface area (Å²) in [6.45, 7) is -0.0400. The molecule has 29 heavy (non-hydrogen) atoms. The highest BCUT2D eigenvalue weighted by molar-refractivity contribution is 5.99. The smallest absolute Gasteiger partial charge is 0.338 e. The molecule has 3 aromatic rings. The average Bonchev–Trinajstić information content (AvgIpc) is 2.77. The molecule has 0 saturated carbocycles. The molecule has 0 saturated heterocycles. The molecule has 1 N–H and O–H groups in total. The fourth-order valence-electron chi connectivity index (χ4n) is 2.67. The fraction of sp³-hybridized carbons (Fsp3) is 0.0909. The van der Waals surface area contributed by atoms with E-state index in [1.54, 1.807) is 30.3 Å². The maximum atomic E-state index is 12.2. The Bertz CT molecular complexity index is 1020. The number of nitro groups is 1. The number of rotatable bonds is 8. The van der Waals surface area contributed by atoms with Crippen molar-refractivity contribution in [3.8, 4) is 0 Å². The summed E-state index contributed by atoms with van der Waals surface area (Å²) in [7, 11) is 0. The van der Waals surface area contributed by atoms with Crippen molar-refractivity contribution < 1.29 is 19.2 Å². The number of hydrogen-bond donors (Lipinski definition) is 1. The number of ketones is 1. The molecule has 0 radical (unpaired) electrons. The molecule has 0 fully saturated rings. The third-order valence-electron chi connectivity index (χ3n) is 4.19. The monoisotopic (exact) mass is 390 g/mol. The van der Waals surface area contributed by atoms with Gasteiger partial charge >= 0.3 is 5.97 Å². The number of hydrogen-bond acceptors (Lipinski definition) is 6. The molecule has 0 amide bonds. The lowest BCUT2D eigenvalue weighted by atomic mass is 10.1. The Balaban J connectivity index is 1.67. The van der Waals surface area contributed by atoms with Crippen molar-refractivity contribution in [1.29, 1.82) is 0 Å². The van der Waals surface area contributed by atoms with Gasteiger partial charge in [0.05, 0.1) is 10.5 Å². The molecule has 0 aliphatic rings. The molecule has 0 aliphatic carbocycles. The van der Waals surface area contributed by atoms with E-state index in [9.17, 15) is 19.7 Å². The molecule has 3 rings (SSSR count). The van der Waals surface area contributed by atoms with Gasteiger partial charge in [-0.15, -0.1) is 0 Å². The zero-order valence-electron chi connectivity index (χ0n) is 15.4. The molecule has 0 unspecified atom stereocenters. The van der Waals surface area contributed by atoms with E-state index >= 15 is 0 Å². The van der Waals surface area contributed by atoms with E-state index in [0.29, 0.717) is 12.1 Å². The molecule has 0 atom stereocenters. The summed E-state index contributed by atoms with van der Waals surface area (Å²) in [6, 6.07) is 21.9. The molecule has 0 heterocycles. The Morgan fingerprint density at radius 2 is 1.55 bits per heavy atom. The summed E-state index contributed by atoms with van der Waals surface area (Å²) in [5, 5.41) is 14.4. The van der Waals surface area contributed by atoms with E-state index in [2.05, 4.69) is 5.32 Å². The minimum absolute atomic E-state index is 0.00261. The minimum Gasteiger partial charge on any atom is -0.454 e. The molecule has 0 spiro atoms. The number of carbonyl (C=O) groups is 2. The van der Waals surface area contributed by atoms with Gasteiger partial charge < -0.3 is 10.1 Å². The first-order valence-corrected chi connectivity index (χ1v) is 8.86. The first-order valence-electron chi connectivity index (χ1n) is 8.86. The van der Waals surface area contributed by atoms with Gasteiger partial charge in [-0.3, -0.25) is 14.9 Å². The van der Waals surface area contributed by atoms with Crippen LogP contribution in [0.25, 0.3) is 0 Å². The van der Waals surface area contributed by atoms with Crippen molar-refractivity contribution in [2.75, 3.05) is 11.9 Å². The minimum atomic E-state index is -0.799. The Morgan fingerprint density at radius 3 is 2.21 bits per heavy atom. The zero-order chi connectivity index (χ0) is 20.6. The van der Waals surface area contributed by atoms with E-state index in [4.69, 9.17) is 4.74 Å². The third-order valence-corrected chi connectivity index (χ3v) is 4.19. The van der Waals surface area contributed by atoms with Gasteiger partial charge in [0.2, 0.25) is 0 Å². The van der Waals surface area contributed by atoms with Gasteiger partial charge in [-0.2, -0.15) is 0 Å². The molecule has 0 aromatic heterocycles. The summed E-state index contributed by atoms with van der Waals surface area (Å²) in [6.07, 6.45) is 0. The highest BCUT2D eigenvalue weighted by Gasteiger charge is 2.19. The number of carbonyl (C=O) groups excluding carboxylic acids is 2. The number of nitrogens with zero attached hydrogens (tertiary/aromatic N) is 1. The largest absolute Gasteiger partial charge is 0.454 e. The lowest BCUT2D eigenvalue weighted by Crippen LogP contribution is -2.14. The van der Waals surface area contributed by atoms with Crippen LogP contribution in [0.3, 0.4) is 0 Å². The number of benzene rings is 3. The Morgan fingerprint density at radius 1 is 0.897 bits per heavy atom. The van der Waals surface area contributed by atoms with Gasteiger partial charge in [-0.25, -0.2) is 4.79 Å². The number of Topliss-reactive ketones (excluding diaryl/α,β-unsaturated/α-hetero) is 1. The fourth-order valence-corrected chi connectivity index (χ4v) is 2.67. The molecule has 7 nitrogen and oxygen atoms in total. The van der Waals surface area contributed by atoms with E-state index in [0.717, 1.165) is 11.6 Å². The average molecular weight is 390 g/mol. The summed E-state index contributed by atoms with van der Waals surface area (Å²) < 4.78 is 5.02. The number of anilines is 1. The first kappa shape index (κ1) is 19.8. The van der Waals surface area contributed by atoms with Crippen LogP contribution in [0, 0.1) is 10.1 Å². The van der Waals surface area contributed by atoms with Crippen LogP contribution in [0.5, 0.6) is 0 Å². The summed E-state index contributed by atoms with van der Waals surface area (Å²) in [5.74, 6) is -1.15. The Hall–Kier alpha value is -4.00. The van der Waals surface area contributed by atoms with E-state index in [1.807, 2.05) is 30.3 Å². The summed E-state index contributed by atoms with van der Waals surface area (Å²) in [5.41, 5.74) is 1.43. The number of ether oxygens (including phenoxy) is 1. The van der Waals surface area contributed by atoms with Crippen LogP contribution in [0.1, 0.15) is 26.3 Å². The van der Waals surface area contributed by atoms with Crippen molar-refractivity contribution >= 4 is 23.1 Å². The predicted molar refractivity (Wildman–Crippen MR) is 108 cm³/mol. The van der Waals surface area contributed by atoms with E-state index in [1.165, 1.54) is 12.1 Å². The van der Waals surface area contributed by atoms with Crippen LogP contribution >= 0.6 is 0 Å². The van der Waals surface area contributed by atoms with Crippen LogP contribution < -0.4 is 5.32 Å². The normalized spacial score (nSPS) is 10.2. The zero-order valence-corrected chi connectivity index (χ0v) is 15.4. The summed E-state index contributed by atoms with van der Waals surface area (Å²) in [4.78, 5) is 35.1. The van der Waals surface area contributed by atoms with Crippen molar-refractivity contribution in [2.24, 2.45) is 0 Å². The number of nitro benzene ring substituents is 1. The molecule has 0 aliphatic heterocycles. The molecule has 3 aromatic carbocycles. The van der Waals surface area contributed by atoms with E-state index < -0.39 is 17.5 Å². The van der Waals surface area contributed by atoms with Gasteiger partial charge in [0, 0.05) is 18.2 Å². The van der Waals surface area contributed by atoms with Gasteiger partial charge in [-0.05, 0) is 17.7 Å². The second-order valence-electron chi connectivity index (χ2n) is 6.19. The van der Waals surface area contributed by atoms with Crippen molar-refractivity contribution in [3.63, 3.8) is 0 Å². The maximum absolute atomic E-state index is 12.2. The van der Waals surface area contributed by atoms with Gasteiger partial charge in [0.15, 0.2) is 12.4 Å². The lowest BCUT2D eigenvalue weighted by molar-refractivity contribution is -0.384. The van der Waals surface area contributed by atoms with E-state index in [-0.39, 0.29) is 22.7 Å². The topological polar surface area (TPSA) is 98.5 Å². The van der Waals surface area contributed by atoms with Crippen LogP contribution in [0.4, 0.5) is 11.4 Å². The van der Waals surface area contributed by atoms with Crippen molar-refractivity contribution in [2.45, 2.75) is 6.54 Å². The van der Waals surface area contributed by atoms with Gasteiger partial charge in [0.25, 0.3) is 5.69 Å². The standard InChI is InChI=1S/C22H18N2O5/c25-21(17-9-5-2-6-10-17)15-29-22(26)18-11-12-19(20(13-18)24(27)28)23-14-16-7-3-1-4-8-16/h1-13,23H,14-15H2. The van der Waals surface area contributed by atoms with Crippen LogP contribution in [0.15, 0.2) is 78.9 Å². The predicted octanol–water partition coefficient (Wildman–Crippen LogP) is 4.25. The molecule has 7 heteroatoms. The van der Waals surface area contributed by atoms with Crippen LogP contribution in [-0.4, -0.2) is 23.3 Å². The molecular formula is C22H18N2O5. The Kier molecular flexibility index (Phi) is 6.32. The highest BCUT2D eigenvalue weighted by Crippen LogP contribution is 2.26. The van der Waals surface area contributed by atoms with Crippen molar-refractivity contribution in [3.05, 3.63) is 106 Å². The molecule has 0 bridgehead atoms. The van der Waals surface area contributed by atoms with Crippen molar-refractivity contribution in [1.82, 2.24) is 0 Å². The highest BCUT2D eigenvalue weighted by atomic mass is 16.6. The van der Waals surface area contributed by atoms with Gasteiger partial charge in [-0.1, -0.05) is 60.7 Å². The maximum Gasteiger partial charge on any atom is 0.338 e. The number of nitrogens with one attached hydrogen (secondary N) is 1. The molecular weight excluding hydrogens is 372 g/mol. The second-order valence-corrected chi connectivity index (χ2v) is 6.19. The quantitative estimate of drug-likeness (QED) is 0.267. The SMILES string of the molecule is O=C(COC(=O)c1ccc(NCc2ccccc2)c([N+](=O)[O-])c1)c1ccccc1. The Labute approximate surface area is 167 Å². The number of esters is 1. The first-order chi connectivity index (χ1) is 14.0. The van der Waals surface area contributed by atoms with Crippen LogP contribution in [0.2, 0.25) is 0 Å². The lowest BCUT2D eigenvalue weighted by Gasteiger charge is -2.09.